The predicted octanol–water partition coefficient (Wildman–Crippen LogP) is 3.25. The number of ether oxygens (including phenoxy) is 1. The van der Waals surface area contributed by atoms with Crippen LogP contribution in [0.1, 0.15) is 19.4 Å². The first-order chi connectivity index (χ1) is 12.0. The van der Waals surface area contributed by atoms with Gasteiger partial charge in [-0.25, -0.2) is 0 Å². The minimum absolute atomic E-state index is 0.0543. The highest BCUT2D eigenvalue weighted by molar-refractivity contribution is 8.23. The Kier molecular flexibility index (Phi) is 7.62. The number of benzene rings is 1. The number of thiocarbonyl (C=S) groups is 1. The lowest BCUT2D eigenvalue weighted by atomic mass is 9.98. The smallest absolute Gasteiger partial charge is 0.236 e. The summed E-state index contributed by atoms with van der Waals surface area (Å²) < 4.78 is 6.29. The third-order valence-electron chi connectivity index (χ3n) is 4.29. The molecule has 0 spiro atoms. The van der Waals surface area contributed by atoms with E-state index in [4.69, 9.17) is 17.0 Å². The number of hydrogen-bond donors (Lipinski definition) is 1. The van der Waals surface area contributed by atoms with E-state index in [1.54, 1.807) is 4.90 Å². The molecule has 3 atom stereocenters. The van der Waals surface area contributed by atoms with Crippen molar-refractivity contribution in [2.24, 2.45) is 11.8 Å². The largest absolute Gasteiger partial charge is 0.388 e. The molecule has 1 amide bonds. The molecule has 25 heavy (non-hydrogen) atoms. The van der Waals surface area contributed by atoms with E-state index in [2.05, 4.69) is 20.4 Å². The molecule has 1 aromatic carbocycles. The maximum atomic E-state index is 13.1. The summed E-state index contributed by atoms with van der Waals surface area (Å²) in [5.74, 6) is 0.196. The second kappa shape index (κ2) is 9.48. The van der Waals surface area contributed by atoms with Crippen molar-refractivity contribution < 1.29 is 14.6 Å². The molecule has 0 aromatic heterocycles. The predicted molar refractivity (Wildman–Crippen MR) is 106 cm³/mol. The van der Waals surface area contributed by atoms with Gasteiger partial charge in [0.1, 0.15) is 4.32 Å². The molecule has 0 radical (unpaired) electrons. The lowest BCUT2D eigenvalue weighted by molar-refractivity contribution is -0.138. The summed E-state index contributed by atoms with van der Waals surface area (Å²) in [6.45, 7) is 8.27. The number of carbonyl (C=O) groups excluding carboxylic acids is 1. The average molecular weight is 380 g/mol. The summed E-state index contributed by atoms with van der Waals surface area (Å²) in [6.07, 6.45) is 0.412. The van der Waals surface area contributed by atoms with Gasteiger partial charge in [-0.3, -0.25) is 9.69 Å². The van der Waals surface area contributed by atoms with Crippen molar-refractivity contribution in [2.45, 2.75) is 32.6 Å². The molecule has 1 aromatic rings. The third kappa shape index (κ3) is 5.14. The molecule has 0 bridgehead atoms. The van der Waals surface area contributed by atoms with Crippen LogP contribution in [0.5, 0.6) is 0 Å². The van der Waals surface area contributed by atoms with E-state index in [-0.39, 0.29) is 18.6 Å². The van der Waals surface area contributed by atoms with Crippen molar-refractivity contribution in [1.29, 1.82) is 0 Å². The van der Waals surface area contributed by atoms with Gasteiger partial charge in [-0.15, -0.1) is 6.58 Å². The van der Waals surface area contributed by atoms with Crippen LogP contribution < -0.4 is 0 Å². The van der Waals surface area contributed by atoms with Crippen molar-refractivity contribution in [2.75, 3.05) is 12.4 Å². The molecule has 1 heterocycles. The van der Waals surface area contributed by atoms with Gasteiger partial charge >= 0.3 is 0 Å². The molecule has 0 saturated carbocycles. The first-order valence-electron chi connectivity index (χ1n) is 8.37. The monoisotopic (exact) mass is 379 g/mol. The fourth-order valence-corrected chi connectivity index (χ4v) is 4.36. The Hall–Kier alpha value is -1.21. The van der Waals surface area contributed by atoms with Gasteiger partial charge in [0.2, 0.25) is 5.91 Å². The summed E-state index contributed by atoms with van der Waals surface area (Å²) in [7, 11) is 0. The van der Waals surface area contributed by atoms with Gasteiger partial charge in [-0.1, -0.05) is 74.2 Å². The molecular formula is C19H25NO3S2. The van der Waals surface area contributed by atoms with Gasteiger partial charge in [0.05, 0.1) is 25.2 Å². The van der Waals surface area contributed by atoms with E-state index >= 15 is 0 Å². The van der Waals surface area contributed by atoms with Crippen LogP contribution in [0.15, 0.2) is 43.0 Å². The highest BCUT2D eigenvalue weighted by Gasteiger charge is 2.40. The van der Waals surface area contributed by atoms with Crippen LogP contribution in [0.4, 0.5) is 0 Å². The molecule has 1 aliphatic rings. The van der Waals surface area contributed by atoms with Crippen LogP contribution in [0, 0.1) is 11.8 Å². The number of nitrogens with zero attached hydrogens (tertiary/aromatic N) is 1. The van der Waals surface area contributed by atoms with E-state index in [0.29, 0.717) is 16.8 Å². The first kappa shape index (κ1) is 20.1. The maximum absolute atomic E-state index is 13.1. The fourth-order valence-electron chi connectivity index (χ4n) is 2.72. The molecule has 1 N–H and O–H groups in total. The minimum Gasteiger partial charge on any atom is -0.388 e. The molecule has 0 aliphatic carbocycles. The van der Waals surface area contributed by atoms with Crippen molar-refractivity contribution in [3.8, 4) is 0 Å². The Morgan fingerprint density at radius 3 is 2.76 bits per heavy atom. The molecule has 1 aliphatic heterocycles. The van der Waals surface area contributed by atoms with Gasteiger partial charge in [-0.05, 0) is 11.5 Å². The van der Waals surface area contributed by atoms with Crippen LogP contribution in [0.25, 0.3) is 0 Å². The number of carbonyl (C=O) groups is 1. The number of rotatable bonds is 8. The van der Waals surface area contributed by atoms with Crippen LogP contribution in [-0.2, 0) is 16.1 Å². The topological polar surface area (TPSA) is 49.8 Å². The molecular weight excluding hydrogens is 354 g/mol. The Balaban J connectivity index is 2.06. The third-order valence-corrected chi connectivity index (χ3v) is 5.79. The van der Waals surface area contributed by atoms with E-state index in [1.165, 1.54) is 17.8 Å². The quantitative estimate of drug-likeness (QED) is 0.555. The van der Waals surface area contributed by atoms with Crippen molar-refractivity contribution >= 4 is 34.2 Å². The summed E-state index contributed by atoms with van der Waals surface area (Å²) in [6, 6.07) is 9.79. The van der Waals surface area contributed by atoms with E-state index in [0.717, 1.165) is 11.3 Å². The normalized spacial score (nSPS) is 19.9. The second-order valence-corrected chi connectivity index (χ2v) is 8.08. The van der Waals surface area contributed by atoms with Crippen molar-refractivity contribution in [3.63, 3.8) is 0 Å². The molecule has 1 saturated heterocycles. The van der Waals surface area contributed by atoms with E-state index in [1.807, 2.05) is 30.3 Å². The summed E-state index contributed by atoms with van der Waals surface area (Å²) in [5.41, 5.74) is 1.02. The zero-order chi connectivity index (χ0) is 18.4. The summed E-state index contributed by atoms with van der Waals surface area (Å²) in [5, 5.41) is 10.3. The molecule has 2 rings (SSSR count). The van der Waals surface area contributed by atoms with E-state index < -0.39 is 12.0 Å². The van der Waals surface area contributed by atoms with Crippen LogP contribution in [0.2, 0.25) is 0 Å². The van der Waals surface area contributed by atoms with Gasteiger partial charge in [-0.2, -0.15) is 0 Å². The van der Waals surface area contributed by atoms with Crippen LogP contribution >= 0.6 is 24.0 Å². The molecule has 6 heteroatoms. The number of thioether (sulfide) groups is 1. The zero-order valence-electron chi connectivity index (χ0n) is 14.6. The lowest BCUT2D eigenvalue weighted by Crippen LogP contribution is -2.48. The first-order valence-corrected chi connectivity index (χ1v) is 9.77. The summed E-state index contributed by atoms with van der Waals surface area (Å²) >= 11 is 6.88. The van der Waals surface area contributed by atoms with Gasteiger partial charge < -0.3 is 9.84 Å². The zero-order valence-corrected chi connectivity index (χ0v) is 16.3. The molecule has 1 fully saturated rings. The number of amides is 1. The minimum atomic E-state index is -0.968. The van der Waals surface area contributed by atoms with Crippen LogP contribution in [0.3, 0.4) is 0 Å². The number of hydrogen-bond acceptors (Lipinski definition) is 5. The standard InChI is InChI=1S/C19H25NO3S2/c1-4-17(21)15(11-23-10-14-8-6-5-7-9-14)18(22)20-16(13(2)3)12-25-19(20)24/h4-9,13,15-17,21H,1,10-12H2,2-3H3/t15-,16-,17+/m1/s1. The Morgan fingerprint density at radius 2 is 2.16 bits per heavy atom. The summed E-state index contributed by atoms with van der Waals surface area (Å²) in [4.78, 5) is 14.7. The Labute approximate surface area is 159 Å². The maximum Gasteiger partial charge on any atom is 0.236 e. The van der Waals surface area contributed by atoms with Gasteiger partial charge in [0.15, 0.2) is 0 Å². The highest BCUT2D eigenvalue weighted by atomic mass is 32.2. The Bertz CT molecular complexity index is 606. The fraction of sp³-hybridized carbons (Fsp3) is 0.474. The van der Waals surface area contributed by atoms with Crippen molar-refractivity contribution in [1.82, 2.24) is 4.90 Å². The lowest BCUT2D eigenvalue weighted by Gasteiger charge is -2.31. The second-order valence-electron chi connectivity index (χ2n) is 6.43. The number of aliphatic hydroxyl groups is 1. The molecule has 0 unspecified atom stereocenters. The SMILES string of the molecule is C=C[C@H](O)[C@@H](COCc1ccccc1)C(=O)N1C(=S)SC[C@@H]1C(C)C. The van der Waals surface area contributed by atoms with E-state index in [9.17, 15) is 9.90 Å². The van der Waals surface area contributed by atoms with Crippen molar-refractivity contribution in [3.05, 3.63) is 48.6 Å². The van der Waals surface area contributed by atoms with Gasteiger partial charge in [0.25, 0.3) is 0 Å². The number of aliphatic hydroxyl groups excluding tert-OH is 1. The van der Waals surface area contributed by atoms with Crippen LogP contribution in [-0.4, -0.2) is 44.7 Å². The van der Waals surface area contributed by atoms with Gasteiger partial charge in [0, 0.05) is 11.8 Å². The average Bonchev–Trinajstić information content (AvgIpc) is 3.00. The molecule has 136 valence electrons. The molecule has 4 nitrogen and oxygen atoms in total. The Morgan fingerprint density at radius 1 is 1.48 bits per heavy atom. The highest BCUT2D eigenvalue weighted by Crippen LogP contribution is 2.31.